The fourth-order valence-electron chi connectivity index (χ4n) is 0.278. The second kappa shape index (κ2) is 6.76. The van der Waals surface area contributed by atoms with Crippen molar-refractivity contribution in [1.82, 2.24) is 4.98 Å². The lowest BCUT2D eigenvalue weighted by molar-refractivity contribution is 1.42. The molecule has 0 saturated heterocycles. The topological polar surface area (TPSA) is 15.8 Å². The predicted molar refractivity (Wildman–Crippen MR) is 41.2 cm³/mol. The smallest absolute Gasteiger partial charge is 0.000496 e. The van der Waals surface area contributed by atoms with Crippen LogP contribution in [0.3, 0.4) is 0 Å². The van der Waals surface area contributed by atoms with Crippen LogP contribution in [0.5, 0.6) is 0 Å². The van der Waals surface area contributed by atoms with E-state index in [0.29, 0.717) is 0 Å². The zero-order valence-electron chi connectivity index (χ0n) is 5.38. The number of nitrogens with one attached hydrogen (secondary N) is 1. The number of hydrogen-bond donors (Lipinski definition) is 1. The molecule has 1 rings (SSSR count). The van der Waals surface area contributed by atoms with E-state index in [-0.39, 0.29) is 0 Å². The monoisotopic (exact) mass is 121 g/mol. The van der Waals surface area contributed by atoms with Crippen molar-refractivity contribution in [2.24, 2.45) is 0 Å². The van der Waals surface area contributed by atoms with Crippen LogP contribution in [-0.4, -0.2) is 4.98 Å². The van der Waals surface area contributed by atoms with E-state index in [1.165, 1.54) is 0 Å². The minimum absolute atomic E-state index is 1.64. The highest BCUT2D eigenvalue weighted by Gasteiger charge is 1.55. The summed E-state index contributed by atoms with van der Waals surface area (Å²) >= 11 is 0. The van der Waals surface area contributed by atoms with Gasteiger partial charge in [-0.25, -0.2) is 0 Å². The molecule has 0 saturated carbocycles. The Balaban J connectivity index is 0.000000148. The van der Waals surface area contributed by atoms with E-state index in [1.807, 2.05) is 24.5 Å². The summed E-state index contributed by atoms with van der Waals surface area (Å²) < 4.78 is 0. The maximum absolute atomic E-state index is 3.36. The summed E-state index contributed by atoms with van der Waals surface area (Å²) in [4.78, 5) is 2.86. The summed E-state index contributed by atoms with van der Waals surface area (Å²) in [5.41, 5.74) is 0. The number of rotatable bonds is 1. The Morgan fingerprint density at radius 3 is 1.56 bits per heavy atom. The third-order valence-corrected chi connectivity index (χ3v) is 0.663. The van der Waals surface area contributed by atoms with Gasteiger partial charge in [0.25, 0.3) is 0 Å². The van der Waals surface area contributed by atoms with Crippen molar-refractivity contribution >= 4 is 0 Å². The highest BCUT2D eigenvalue weighted by Crippen LogP contribution is 1.72. The highest BCUT2D eigenvalue weighted by atomic mass is 14.6. The summed E-state index contributed by atoms with van der Waals surface area (Å²) in [5, 5.41) is 0. The summed E-state index contributed by atoms with van der Waals surface area (Å²) in [6.45, 7) is 6.72. The van der Waals surface area contributed by atoms with Crippen molar-refractivity contribution in [1.29, 1.82) is 0 Å². The third-order valence-electron chi connectivity index (χ3n) is 0.663. The number of aromatic amines is 1. The Kier molecular flexibility index (Phi) is 5.83. The average Bonchev–Trinajstić information content (AvgIpc) is 2.43. The van der Waals surface area contributed by atoms with Gasteiger partial charge >= 0.3 is 0 Å². The second-order valence-corrected chi connectivity index (χ2v) is 1.36. The molecule has 0 amide bonds. The molecule has 1 heterocycles. The normalized spacial score (nSPS) is 6.67. The largest absolute Gasteiger partial charge is 0.368 e. The Labute approximate surface area is 55.7 Å². The zero-order chi connectivity index (χ0) is 6.95. The van der Waals surface area contributed by atoms with E-state index in [4.69, 9.17) is 0 Å². The van der Waals surface area contributed by atoms with Crippen LogP contribution in [-0.2, 0) is 0 Å². The number of H-pyrrole nitrogens is 1. The molecule has 1 aromatic rings. The van der Waals surface area contributed by atoms with Gasteiger partial charge in [-0.2, -0.15) is 0 Å². The van der Waals surface area contributed by atoms with Gasteiger partial charge in [0.15, 0.2) is 0 Å². The molecule has 0 aliphatic rings. The first kappa shape index (κ1) is 7.76. The number of allylic oxidation sites excluding steroid dienone is 2. The maximum atomic E-state index is 3.36. The van der Waals surface area contributed by atoms with Crippen molar-refractivity contribution in [2.45, 2.75) is 0 Å². The van der Waals surface area contributed by atoms with Gasteiger partial charge in [0.1, 0.15) is 0 Å². The van der Waals surface area contributed by atoms with E-state index in [9.17, 15) is 0 Å². The average molecular weight is 121 g/mol. The molecule has 0 aliphatic heterocycles. The molecule has 0 aromatic carbocycles. The van der Waals surface area contributed by atoms with E-state index in [2.05, 4.69) is 18.1 Å². The summed E-state index contributed by atoms with van der Waals surface area (Å²) in [6.07, 6.45) is 7.03. The first-order valence-corrected chi connectivity index (χ1v) is 2.73. The molecule has 0 bridgehead atoms. The Hall–Kier alpha value is -1.24. The van der Waals surface area contributed by atoms with E-state index in [0.717, 1.165) is 0 Å². The first-order valence-electron chi connectivity index (χ1n) is 2.73. The zero-order valence-corrected chi connectivity index (χ0v) is 5.38. The van der Waals surface area contributed by atoms with Gasteiger partial charge in [-0.05, 0) is 12.1 Å². The molecule has 9 heavy (non-hydrogen) atoms. The summed E-state index contributed by atoms with van der Waals surface area (Å²) in [5.74, 6) is 0. The van der Waals surface area contributed by atoms with E-state index in [1.54, 1.807) is 12.2 Å². The fraction of sp³-hybridized carbons (Fsp3) is 0. The van der Waals surface area contributed by atoms with Crippen LogP contribution in [0.4, 0.5) is 0 Å². The van der Waals surface area contributed by atoms with Crippen LogP contribution in [0.1, 0.15) is 0 Å². The Morgan fingerprint density at radius 2 is 1.44 bits per heavy atom. The number of hydrogen-bond acceptors (Lipinski definition) is 0. The van der Waals surface area contributed by atoms with Crippen LogP contribution >= 0.6 is 0 Å². The number of aromatic nitrogens is 1. The standard InChI is InChI=1S/C4H5N.C4H6/c1-2-4-5-3-1;1-3-4-2/h1-5H;3-4H,1-2H2. The van der Waals surface area contributed by atoms with Gasteiger partial charge in [0, 0.05) is 12.4 Å². The molecule has 0 atom stereocenters. The van der Waals surface area contributed by atoms with E-state index >= 15 is 0 Å². The molecule has 1 N–H and O–H groups in total. The van der Waals surface area contributed by atoms with Gasteiger partial charge in [-0.3, -0.25) is 0 Å². The van der Waals surface area contributed by atoms with Crippen molar-refractivity contribution in [3.05, 3.63) is 49.8 Å². The fourth-order valence-corrected chi connectivity index (χ4v) is 0.278. The lowest BCUT2D eigenvalue weighted by atomic mass is 10.6. The van der Waals surface area contributed by atoms with Gasteiger partial charge < -0.3 is 4.98 Å². The second-order valence-electron chi connectivity index (χ2n) is 1.36. The Morgan fingerprint density at radius 1 is 1.00 bits per heavy atom. The van der Waals surface area contributed by atoms with Crippen LogP contribution in [0, 0.1) is 0 Å². The quantitative estimate of drug-likeness (QED) is 0.549. The minimum atomic E-state index is 1.64. The molecular weight excluding hydrogens is 110 g/mol. The van der Waals surface area contributed by atoms with Gasteiger partial charge in [0.05, 0.1) is 0 Å². The molecule has 1 aromatic heterocycles. The van der Waals surface area contributed by atoms with Crippen molar-refractivity contribution in [3.63, 3.8) is 0 Å². The van der Waals surface area contributed by atoms with Crippen LogP contribution in [0.2, 0.25) is 0 Å². The van der Waals surface area contributed by atoms with Crippen molar-refractivity contribution in [2.75, 3.05) is 0 Å². The van der Waals surface area contributed by atoms with Gasteiger partial charge in [-0.1, -0.05) is 25.3 Å². The maximum Gasteiger partial charge on any atom is 0.000496 e. The van der Waals surface area contributed by atoms with Crippen molar-refractivity contribution in [3.8, 4) is 0 Å². The molecule has 0 unspecified atom stereocenters. The molecule has 1 heteroatoms. The molecule has 0 radical (unpaired) electrons. The van der Waals surface area contributed by atoms with Gasteiger partial charge in [0.2, 0.25) is 0 Å². The van der Waals surface area contributed by atoms with Crippen LogP contribution < -0.4 is 0 Å². The molecule has 48 valence electrons. The molecule has 0 fully saturated rings. The minimum Gasteiger partial charge on any atom is -0.368 e. The highest BCUT2D eigenvalue weighted by molar-refractivity contribution is 4.88. The van der Waals surface area contributed by atoms with Gasteiger partial charge in [-0.15, -0.1) is 0 Å². The summed E-state index contributed by atoms with van der Waals surface area (Å²) in [7, 11) is 0. The SMILES string of the molecule is C=CC=C.c1cc[nH]c1. The summed E-state index contributed by atoms with van der Waals surface area (Å²) in [6, 6.07) is 3.89. The van der Waals surface area contributed by atoms with Crippen molar-refractivity contribution < 1.29 is 0 Å². The third kappa shape index (κ3) is 6.76. The molecule has 0 aliphatic carbocycles. The predicted octanol–water partition coefficient (Wildman–Crippen LogP) is 2.37. The Bertz CT molecular complexity index is 116. The van der Waals surface area contributed by atoms with Crippen LogP contribution in [0.15, 0.2) is 49.8 Å². The first-order chi connectivity index (χ1) is 4.41. The molecule has 0 spiro atoms. The van der Waals surface area contributed by atoms with Crippen LogP contribution in [0.25, 0.3) is 0 Å². The lowest BCUT2D eigenvalue weighted by Gasteiger charge is -1.49. The van der Waals surface area contributed by atoms with E-state index < -0.39 is 0 Å². The molecular formula is C8H11N. The lowest BCUT2D eigenvalue weighted by Crippen LogP contribution is -1.38. The molecule has 1 nitrogen and oxygen atoms in total.